The van der Waals surface area contributed by atoms with E-state index in [1.54, 1.807) is 0 Å². The topological polar surface area (TPSA) is 48.1 Å². The van der Waals surface area contributed by atoms with Gasteiger partial charge in [-0.05, 0) is 15.9 Å². The van der Waals surface area contributed by atoms with Crippen LogP contribution in [-0.2, 0) is 0 Å². The highest BCUT2D eigenvalue weighted by Crippen LogP contribution is 2.32. The Morgan fingerprint density at radius 1 is 1.44 bits per heavy atom. The normalized spacial score (nSPS) is 11.9. The third-order valence-electron chi connectivity index (χ3n) is 1.61. The molecule has 16 heavy (non-hydrogen) atoms. The van der Waals surface area contributed by atoms with Gasteiger partial charge in [-0.3, -0.25) is 4.98 Å². The van der Waals surface area contributed by atoms with Gasteiger partial charge in [0.05, 0.1) is 16.4 Å². The molecule has 3 nitrogen and oxygen atoms in total. The van der Waals surface area contributed by atoms with Crippen molar-refractivity contribution in [3.05, 3.63) is 16.9 Å². The summed E-state index contributed by atoms with van der Waals surface area (Å²) in [6.45, 7) is -1.45. The molecule has 0 aliphatic heterocycles. The molecule has 1 heterocycles. The van der Waals surface area contributed by atoms with Crippen LogP contribution in [0, 0.1) is 0 Å². The van der Waals surface area contributed by atoms with Gasteiger partial charge in [-0.2, -0.15) is 8.78 Å². The molecule has 0 atom stereocenters. The maximum atomic E-state index is 12.5. The first kappa shape index (κ1) is 13.0. The van der Waals surface area contributed by atoms with Crippen LogP contribution < -0.4 is 10.5 Å². The fraction of sp³-hybridized carbons (Fsp3) is 0.375. The van der Waals surface area contributed by atoms with Gasteiger partial charge in [0.15, 0.2) is 12.4 Å². The van der Waals surface area contributed by atoms with E-state index < -0.39 is 19.0 Å². The van der Waals surface area contributed by atoms with Crippen LogP contribution in [0.4, 0.5) is 23.2 Å². The first-order valence-corrected chi connectivity index (χ1v) is 4.81. The second kappa shape index (κ2) is 4.86. The summed E-state index contributed by atoms with van der Waals surface area (Å²) in [5.74, 6) is -4.34. The number of anilines is 1. The predicted octanol–water partition coefficient (Wildman–Crippen LogP) is 2.71. The van der Waals surface area contributed by atoms with Crippen LogP contribution in [0.5, 0.6) is 5.75 Å². The van der Waals surface area contributed by atoms with E-state index in [9.17, 15) is 17.6 Å². The van der Waals surface area contributed by atoms with Crippen molar-refractivity contribution in [2.45, 2.75) is 12.3 Å². The standard InChI is InChI=1S/C8H7BrF4N2O/c9-4-1-15-2-5(14)6(4)16-3-8(12,13)7(10)11/h1-2,7H,3,14H2. The highest BCUT2D eigenvalue weighted by atomic mass is 79.9. The van der Waals surface area contributed by atoms with Crippen LogP contribution in [0.3, 0.4) is 0 Å². The lowest BCUT2D eigenvalue weighted by Gasteiger charge is -2.17. The average molecular weight is 303 g/mol. The van der Waals surface area contributed by atoms with E-state index >= 15 is 0 Å². The molecular formula is C8H7BrF4N2O. The largest absolute Gasteiger partial charge is 0.484 e. The van der Waals surface area contributed by atoms with E-state index in [-0.39, 0.29) is 15.9 Å². The highest BCUT2D eigenvalue weighted by Gasteiger charge is 2.42. The van der Waals surface area contributed by atoms with Crippen LogP contribution in [0.25, 0.3) is 0 Å². The number of pyridine rings is 1. The molecule has 2 N–H and O–H groups in total. The number of hydrogen-bond donors (Lipinski definition) is 1. The molecule has 8 heteroatoms. The zero-order valence-corrected chi connectivity index (χ0v) is 9.35. The smallest absolute Gasteiger partial charge is 0.340 e. The van der Waals surface area contributed by atoms with Crippen molar-refractivity contribution in [2.24, 2.45) is 0 Å². The Labute approximate surface area is 96.7 Å². The molecule has 0 radical (unpaired) electrons. The molecular weight excluding hydrogens is 296 g/mol. The summed E-state index contributed by atoms with van der Waals surface area (Å²) in [6.07, 6.45) is -1.36. The molecule has 0 aromatic carbocycles. The summed E-state index contributed by atoms with van der Waals surface area (Å²) in [6, 6.07) is 0. The van der Waals surface area contributed by atoms with Crippen molar-refractivity contribution in [1.29, 1.82) is 0 Å². The number of hydrogen-bond acceptors (Lipinski definition) is 3. The molecule has 1 aromatic heterocycles. The first-order valence-electron chi connectivity index (χ1n) is 4.02. The quantitative estimate of drug-likeness (QED) is 0.870. The van der Waals surface area contributed by atoms with Gasteiger partial charge in [0, 0.05) is 6.20 Å². The Kier molecular flexibility index (Phi) is 3.95. The first-order chi connectivity index (χ1) is 7.34. The minimum absolute atomic E-state index is 0.0144. The van der Waals surface area contributed by atoms with Crippen molar-refractivity contribution in [3.8, 4) is 5.75 Å². The zero-order valence-electron chi connectivity index (χ0n) is 7.76. The number of halogens is 5. The second-order valence-corrected chi connectivity index (χ2v) is 3.74. The van der Waals surface area contributed by atoms with Gasteiger partial charge in [0.25, 0.3) is 0 Å². The number of nitrogens with two attached hydrogens (primary N) is 1. The van der Waals surface area contributed by atoms with Gasteiger partial charge < -0.3 is 10.5 Å². The maximum Gasteiger partial charge on any atom is 0.340 e. The van der Waals surface area contributed by atoms with Gasteiger partial charge in [-0.15, -0.1) is 0 Å². The van der Waals surface area contributed by atoms with Crippen LogP contribution in [0.1, 0.15) is 0 Å². The van der Waals surface area contributed by atoms with E-state index in [4.69, 9.17) is 5.73 Å². The highest BCUT2D eigenvalue weighted by molar-refractivity contribution is 9.10. The lowest BCUT2D eigenvalue weighted by Crippen LogP contribution is -2.33. The third-order valence-corrected chi connectivity index (χ3v) is 2.17. The monoisotopic (exact) mass is 302 g/mol. The average Bonchev–Trinajstić information content (AvgIpc) is 2.16. The number of nitrogen functional groups attached to an aromatic ring is 1. The molecule has 0 aliphatic rings. The molecule has 0 saturated carbocycles. The molecule has 0 amide bonds. The number of rotatable bonds is 4. The van der Waals surface area contributed by atoms with Crippen molar-refractivity contribution in [2.75, 3.05) is 12.3 Å². The van der Waals surface area contributed by atoms with E-state index in [0.717, 1.165) is 0 Å². The molecule has 0 fully saturated rings. The van der Waals surface area contributed by atoms with Crippen LogP contribution in [-0.4, -0.2) is 23.9 Å². The number of ether oxygens (including phenoxy) is 1. The summed E-state index contributed by atoms with van der Waals surface area (Å²) in [4.78, 5) is 3.64. The number of alkyl halides is 4. The lowest BCUT2D eigenvalue weighted by molar-refractivity contribution is -0.148. The lowest BCUT2D eigenvalue weighted by atomic mass is 10.3. The minimum Gasteiger partial charge on any atom is -0.484 e. The van der Waals surface area contributed by atoms with Crippen LogP contribution in [0.15, 0.2) is 16.9 Å². The summed E-state index contributed by atoms with van der Waals surface area (Å²) >= 11 is 2.95. The fourth-order valence-corrected chi connectivity index (χ4v) is 1.28. The Morgan fingerprint density at radius 3 is 2.56 bits per heavy atom. The Bertz CT molecular complexity index is 355. The Balaban J connectivity index is 2.75. The van der Waals surface area contributed by atoms with E-state index in [0.29, 0.717) is 0 Å². The van der Waals surface area contributed by atoms with Gasteiger partial charge >= 0.3 is 12.3 Å². The van der Waals surface area contributed by atoms with Crippen LogP contribution in [0.2, 0.25) is 0 Å². The van der Waals surface area contributed by atoms with Crippen molar-refractivity contribution in [3.63, 3.8) is 0 Å². The minimum atomic E-state index is -4.21. The van der Waals surface area contributed by atoms with Crippen molar-refractivity contribution in [1.82, 2.24) is 4.98 Å². The molecule has 0 unspecified atom stereocenters. The fourth-order valence-electron chi connectivity index (χ4n) is 0.822. The third kappa shape index (κ3) is 2.97. The van der Waals surface area contributed by atoms with Crippen molar-refractivity contribution >= 4 is 21.6 Å². The molecule has 90 valence electrons. The van der Waals surface area contributed by atoms with Gasteiger partial charge in [-0.25, -0.2) is 8.78 Å². The SMILES string of the molecule is Nc1cncc(Br)c1OCC(F)(F)C(F)F. The van der Waals surface area contributed by atoms with E-state index in [1.165, 1.54) is 12.4 Å². The Hall–Kier alpha value is -1.05. The van der Waals surface area contributed by atoms with Crippen molar-refractivity contribution < 1.29 is 22.3 Å². The zero-order chi connectivity index (χ0) is 12.3. The summed E-state index contributed by atoms with van der Waals surface area (Å²) in [5, 5.41) is 0. The molecule has 0 bridgehead atoms. The van der Waals surface area contributed by atoms with Gasteiger partial charge in [-0.1, -0.05) is 0 Å². The Morgan fingerprint density at radius 2 is 2.06 bits per heavy atom. The molecule has 0 spiro atoms. The molecule has 0 saturated heterocycles. The molecule has 1 rings (SSSR count). The molecule has 0 aliphatic carbocycles. The maximum absolute atomic E-state index is 12.5. The summed E-state index contributed by atoms with van der Waals surface area (Å²) in [7, 11) is 0. The predicted molar refractivity (Wildman–Crippen MR) is 52.8 cm³/mol. The number of nitrogens with zero attached hydrogens (tertiary/aromatic N) is 1. The van der Waals surface area contributed by atoms with Crippen LogP contribution >= 0.6 is 15.9 Å². The second-order valence-electron chi connectivity index (χ2n) is 2.89. The summed E-state index contributed by atoms with van der Waals surface area (Å²) in [5.41, 5.74) is 5.36. The van der Waals surface area contributed by atoms with Gasteiger partial charge in [0.2, 0.25) is 0 Å². The summed E-state index contributed by atoms with van der Waals surface area (Å²) < 4.78 is 53.5. The molecule has 1 aromatic rings. The number of aromatic nitrogens is 1. The van der Waals surface area contributed by atoms with E-state index in [1.807, 2.05) is 0 Å². The van der Waals surface area contributed by atoms with Gasteiger partial charge in [0.1, 0.15) is 0 Å². The van der Waals surface area contributed by atoms with E-state index in [2.05, 4.69) is 25.7 Å².